The highest BCUT2D eigenvalue weighted by Gasteiger charge is 2.21. The third kappa shape index (κ3) is 6.67. The number of nitrogens with zero attached hydrogens (tertiary/aromatic N) is 1. The zero-order valence-electron chi connectivity index (χ0n) is 13.5. The van der Waals surface area contributed by atoms with Crippen LogP contribution in [-0.2, 0) is 4.79 Å². The van der Waals surface area contributed by atoms with E-state index in [1.165, 1.54) is 0 Å². The molecule has 0 atom stereocenters. The molecule has 0 aromatic heterocycles. The molecule has 0 aliphatic carbocycles. The van der Waals surface area contributed by atoms with Gasteiger partial charge in [-0.3, -0.25) is 4.79 Å². The number of likely N-dealkylation sites (tertiary alicyclic amines) is 1. The smallest absolute Gasteiger partial charge is 0.319 e. The summed E-state index contributed by atoms with van der Waals surface area (Å²) in [5.74, 6) is 0.623. The largest absolute Gasteiger partial charge is 0.343 e. The van der Waals surface area contributed by atoms with Crippen molar-refractivity contribution in [2.45, 2.75) is 19.3 Å². The predicted octanol–water partition coefficient (Wildman–Crippen LogP) is 2.58. The molecule has 1 heterocycles. The van der Waals surface area contributed by atoms with Crippen molar-refractivity contribution >= 4 is 46.0 Å². The number of hydrogen-bond donors (Lipinski definition) is 3. The lowest BCUT2D eigenvalue weighted by molar-refractivity contribution is -0.132. The molecule has 24 heavy (non-hydrogen) atoms. The number of piperidine rings is 1. The van der Waals surface area contributed by atoms with Crippen LogP contribution in [0.5, 0.6) is 0 Å². The standard InChI is InChI=1S/C16H23BrN4O2.ClH/c17-13-1-3-14(4-2-13)20-16(23)19-8-5-15(22)21-9-6-12(11-18)7-10-21;/h1-4,12H,5-11,18H2,(H2,19,20,23);1H. The van der Waals surface area contributed by atoms with E-state index >= 15 is 0 Å². The molecule has 1 fully saturated rings. The van der Waals surface area contributed by atoms with Crippen molar-refractivity contribution in [3.63, 3.8) is 0 Å². The van der Waals surface area contributed by atoms with E-state index in [-0.39, 0.29) is 24.3 Å². The summed E-state index contributed by atoms with van der Waals surface area (Å²) in [7, 11) is 0. The first kappa shape index (κ1) is 20.7. The number of halogens is 2. The number of benzene rings is 1. The van der Waals surface area contributed by atoms with Gasteiger partial charge in [0.1, 0.15) is 0 Å². The van der Waals surface area contributed by atoms with Crippen LogP contribution in [0.3, 0.4) is 0 Å². The Labute approximate surface area is 157 Å². The maximum atomic E-state index is 12.1. The molecule has 1 aliphatic heterocycles. The minimum Gasteiger partial charge on any atom is -0.343 e. The Morgan fingerprint density at radius 3 is 2.42 bits per heavy atom. The Hall–Kier alpha value is -1.31. The molecule has 4 N–H and O–H groups in total. The number of carbonyl (C=O) groups excluding carboxylic acids is 2. The topological polar surface area (TPSA) is 87.5 Å². The van der Waals surface area contributed by atoms with Gasteiger partial charge in [-0.1, -0.05) is 15.9 Å². The highest BCUT2D eigenvalue weighted by molar-refractivity contribution is 9.10. The van der Waals surface area contributed by atoms with Gasteiger partial charge in [0.05, 0.1) is 0 Å². The van der Waals surface area contributed by atoms with Crippen LogP contribution in [0.25, 0.3) is 0 Å². The van der Waals surface area contributed by atoms with Crippen molar-refractivity contribution in [2.24, 2.45) is 11.7 Å². The van der Waals surface area contributed by atoms with Crippen molar-refractivity contribution in [3.05, 3.63) is 28.7 Å². The van der Waals surface area contributed by atoms with Crippen molar-refractivity contribution in [2.75, 3.05) is 31.5 Å². The lowest BCUT2D eigenvalue weighted by Crippen LogP contribution is -2.41. The highest BCUT2D eigenvalue weighted by atomic mass is 79.9. The number of nitrogens with two attached hydrogens (primary N) is 1. The monoisotopic (exact) mass is 418 g/mol. The van der Waals surface area contributed by atoms with Crippen LogP contribution in [0.4, 0.5) is 10.5 Å². The van der Waals surface area contributed by atoms with Crippen molar-refractivity contribution < 1.29 is 9.59 Å². The Kier molecular flexibility index (Phi) is 9.10. The number of hydrogen-bond acceptors (Lipinski definition) is 3. The van der Waals surface area contributed by atoms with Gasteiger partial charge in [0.25, 0.3) is 0 Å². The van der Waals surface area contributed by atoms with Gasteiger partial charge in [0.15, 0.2) is 0 Å². The maximum Gasteiger partial charge on any atom is 0.319 e. The molecule has 2 rings (SSSR count). The van der Waals surface area contributed by atoms with Crippen molar-refractivity contribution in [1.29, 1.82) is 0 Å². The van der Waals surface area contributed by atoms with E-state index < -0.39 is 0 Å². The minimum absolute atomic E-state index is 0. The summed E-state index contributed by atoms with van der Waals surface area (Å²) in [6.45, 7) is 2.56. The van der Waals surface area contributed by atoms with Crippen LogP contribution < -0.4 is 16.4 Å². The van der Waals surface area contributed by atoms with Gasteiger partial charge in [-0.05, 0) is 49.6 Å². The third-order valence-corrected chi connectivity index (χ3v) is 4.56. The second kappa shape index (κ2) is 10.5. The molecular weight excluding hydrogens is 396 g/mol. The molecule has 6 nitrogen and oxygen atoms in total. The van der Waals surface area contributed by atoms with E-state index in [2.05, 4.69) is 26.6 Å². The zero-order chi connectivity index (χ0) is 16.7. The van der Waals surface area contributed by atoms with Crippen LogP contribution >= 0.6 is 28.3 Å². The van der Waals surface area contributed by atoms with Gasteiger partial charge >= 0.3 is 6.03 Å². The van der Waals surface area contributed by atoms with Crippen LogP contribution in [0.15, 0.2) is 28.7 Å². The lowest BCUT2D eigenvalue weighted by Gasteiger charge is -2.31. The van der Waals surface area contributed by atoms with E-state index in [4.69, 9.17) is 5.73 Å². The molecule has 0 unspecified atom stereocenters. The van der Waals surface area contributed by atoms with E-state index in [0.717, 1.165) is 30.4 Å². The van der Waals surface area contributed by atoms with Gasteiger partial charge in [0, 0.05) is 36.2 Å². The number of carbonyl (C=O) groups is 2. The van der Waals surface area contributed by atoms with Crippen LogP contribution in [0.2, 0.25) is 0 Å². The number of rotatable bonds is 5. The van der Waals surface area contributed by atoms with Crippen LogP contribution in [0.1, 0.15) is 19.3 Å². The highest BCUT2D eigenvalue weighted by Crippen LogP contribution is 2.16. The van der Waals surface area contributed by atoms with Gasteiger partial charge in [-0.25, -0.2) is 4.79 Å². The second-order valence-corrected chi connectivity index (χ2v) is 6.61. The number of nitrogens with one attached hydrogen (secondary N) is 2. The summed E-state index contributed by atoms with van der Waals surface area (Å²) in [4.78, 5) is 25.7. The Morgan fingerprint density at radius 2 is 1.83 bits per heavy atom. The maximum absolute atomic E-state index is 12.1. The number of urea groups is 1. The summed E-state index contributed by atoms with van der Waals surface area (Å²) in [5, 5.41) is 5.43. The van der Waals surface area contributed by atoms with Gasteiger partial charge < -0.3 is 21.3 Å². The lowest BCUT2D eigenvalue weighted by atomic mass is 9.97. The van der Waals surface area contributed by atoms with E-state index in [1.54, 1.807) is 12.1 Å². The second-order valence-electron chi connectivity index (χ2n) is 5.70. The number of anilines is 1. The molecule has 0 radical (unpaired) electrons. The van der Waals surface area contributed by atoms with E-state index in [9.17, 15) is 9.59 Å². The van der Waals surface area contributed by atoms with Gasteiger partial charge in [-0.15, -0.1) is 12.4 Å². The van der Waals surface area contributed by atoms with Crippen LogP contribution in [-0.4, -0.2) is 43.0 Å². The SMILES string of the molecule is Cl.NCC1CCN(C(=O)CCNC(=O)Nc2ccc(Br)cc2)CC1. The third-order valence-electron chi connectivity index (χ3n) is 4.03. The molecule has 8 heteroatoms. The minimum atomic E-state index is -0.304. The van der Waals surface area contributed by atoms with E-state index in [0.29, 0.717) is 31.1 Å². The first-order valence-corrected chi connectivity index (χ1v) is 8.66. The van der Waals surface area contributed by atoms with Gasteiger partial charge in [0.2, 0.25) is 5.91 Å². The summed E-state index contributed by atoms with van der Waals surface area (Å²) >= 11 is 3.34. The van der Waals surface area contributed by atoms with Crippen LogP contribution in [0, 0.1) is 5.92 Å². The Balaban J connectivity index is 0.00000288. The molecule has 0 bridgehead atoms. The molecule has 0 saturated carbocycles. The Bertz CT molecular complexity index is 533. The molecule has 1 aromatic carbocycles. The molecule has 1 aliphatic rings. The molecule has 3 amide bonds. The first-order valence-electron chi connectivity index (χ1n) is 7.86. The number of amides is 3. The summed E-state index contributed by atoms with van der Waals surface area (Å²) < 4.78 is 0.951. The Morgan fingerprint density at radius 1 is 1.21 bits per heavy atom. The fourth-order valence-electron chi connectivity index (χ4n) is 2.57. The average molecular weight is 420 g/mol. The van der Waals surface area contributed by atoms with Crippen molar-refractivity contribution in [3.8, 4) is 0 Å². The molecular formula is C16H24BrClN4O2. The molecule has 0 spiro atoms. The summed E-state index contributed by atoms with van der Waals surface area (Å²) in [6, 6.07) is 7.00. The first-order chi connectivity index (χ1) is 11.1. The fraction of sp³-hybridized carbons (Fsp3) is 0.500. The summed E-state index contributed by atoms with van der Waals surface area (Å²) in [6.07, 6.45) is 2.26. The van der Waals surface area contributed by atoms with Gasteiger partial charge in [-0.2, -0.15) is 0 Å². The fourth-order valence-corrected chi connectivity index (χ4v) is 2.83. The predicted molar refractivity (Wildman–Crippen MR) is 101 cm³/mol. The average Bonchev–Trinajstić information content (AvgIpc) is 2.57. The zero-order valence-corrected chi connectivity index (χ0v) is 15.9. The molecule has 1 saturated heterocycles. The quantitative estimate of drug-likeness (QED) is 0.685. The molecule has 134 valence electrons. The normalized spacial score (nSPS) is 14.7. The molecule has 1 aromatic rings. The van der Waals surface area contributed by atoms with Crippen molar-refractivity contribution in [1.82, 2.24) is 10.2 Å². The summed E-state index contributed by atoms with van der Waals surface area (Å²) in [5.41, 5.74) is 6.36. The van der Waals surface area contributed by atoms with E-state index in [1.807, 2.05) is 17.0 Å².